The van der Waals surface area contributed by atoms with Gasteiger partial charge in [-0.05, 0) is 69.2 Å². The lowest BCUT2D eigenvalue weighted by atomic mass is 10.1. The molecule has 0 bridgehead atoms. The zero-order valence-corrected chi connectivity index (χ0v) is 15.2. The van der Waals surface area contributed by atoms with E-state index in [-0.39, 0.29) is 0 Å². The van der Waals surface area contributed by atoms with Crippen molar-refractivity contribution in [2.75, 3.05) is 6.61 Å². The molecule has 2 aromatic carbocycles. The Kier molecular flexibility index (Phi) is 3.57. The molecule has 0 aliphatic heterocycles. The average molecular weight is 336 g/mol. The minimum atomic E-state index is 0.684. The summed E-state index contributed by atoms with van der Waals surface area (Å²) in [6, 6.07) is 12.6. The Labute approximate surface area is 145 Å². The maximum atomic E-state index is 5.53. The van der Waals surface area contributed by atoms with Crippen LogP contribution in [0.3, 0.4) is 0 Å². The molecule has 3 nitrogen and oxygen atoms in total. The number of imidazole rings is 1. The monoisotopic (exact) mass is 336 g/mol. The fourth-order valence-electron chi connectivity index (χ4n) is 3.19. The Bertz CT molecular complexity index is 1040. The molecule has 0 atom stereocenters. The second kappa shape index (κ2) is 5.64. The molecule has 0 radical (unpaired) electrons. The van der Waals surface area contributed by atoms with E-state index < -0.39 is 0 Å². The van der Waals surface area contributed by atoms with Crippen LogP contribution in [0.15, 0.2) is 36.4 Å². The molecule has 0 aliphatic carbocycles. The molecular formula is C20H20N2OS. The summed E-state index contributed by atoms with van der Waals surface area (Å²) in [6.07, 6.45) is 0. The molecule has 122 valence electrons. The molecule has 0 spiro atoms. The Balaban J connectivity index is 1.91. The first kappa shape index (κ1) is 15.2. The van der Waals surface area contributed by atoms with E-state index in [9.17, 15) is 0 Å². The summed E-state index contributed by atoms with van der Waals surface area (Å²) in [6.45, 7) is 9.19. The van der Waals surface area contributed by atoms with Gasteiger partial charge in [-0.1, -0.05) is 17.4 Å². The lowest BCUT2D eigenvalue weighted by Crippen LogP contribution is -1.92. The standard InChI is InChI=1S/C20H20N2OS/c1-5-23-16-9-7-15(8-10-16)18-14(4)22-19-13(3)12(2)6-11-17(19)24-20(22)21-18/h6-11H,5H2,1-4H3. The Hall–Kier alpha value is -2.33. The average Bonchev–Trinajstić information content (AvgIpc) is 3.09. The Morgan fingerprint density at radius 2 is 1.79 bits per heavy atom. The zero-order chi connectivity index (χ0) is 16.8. The minimum Gasteiger partial charge on any atom is -0.494 e. The Morgan fingerprint density at radius 1 is 1.04 bits per heavy atom. The van der Waals surface area contributed by atoms with E-state index in [0.29, 0.717) is 6.61 Å². The number of hydrogen-bond donors (Lipinski definition) is 0. The van der Waals surface area contributed by atoms with Gasteiger partial charge in [-0.15, -0.1) is 0 Å². The van der Waals surface area contributed by atoms with Gasteiger partial charge in [0.1, 0.15) is 5.75 Å². The van der Waals surface area contributed by atoms with E-state index in [1.165, 1.54) is 27.0 Å². The van der Waals surface area contributed by atoms with Crippen LogP contribution in [0.1, 0.15) is 23.7 Å². The molecule has 0 saturated carbocycles. The smallest absolute Gasteiger partial charge is 0.195 e. The van der Waals surface area contributed by atoms with Crippen molar-refractivity contribution >= 4 is 26.5 Å². The molecule has 0 unspecified atom stereocenters. The fourth-order valence-corrected chi connectivity index (χ4v) is 4.32. The van der Waals surface area contributed by atoms with Crippen LogP contribution < -0.4 is 4.74 Å². The van der Waals surface area contributed by atoms with Crippen LogP contribution in [-0.4, -0.2) is 16.0 Å². The van der Waals surface area contributed by atoms with Crippen molar-refractivity contribution < 1.29 is 4.74 Å². The van der Waals surface area contributed by atoms with Gasteiger partial charge in [-0.25, -0.2) is 4.98 Å². The van der Waals surface area contributed by atoms with Crippen LogP contribution in [0.2, 0.25) is 0 Å². The molecule has 4 heteroatoms. The van der Waals surface area contributed by atoms with E-state index in [4.69, 9.17) is 9.72 Å². The highest BCUT2D eigenvalue weighted by Gasteiger charge is 2.17. The first-order valence-electron chi connectivity index (χ1n) is 8.21. The number of benzene rings is 2. The maximum Gasteiger partial charge on any atom is 0.195 e. The molecular weight excluding hydrogens is 316 g/mol. The minimum absolute atomic E-state index is 0.684. The largest absolute Gasteiger partial charge is 0.494 e. The third-order valence-corrected chi connectivity index (χ3v) is 5.61. The fraction of sp³-hybridized carbons (Fsp3) is 0.250. The third-order valence-electron chi connectivity index (χ3n) is 4.61. The number of nitrogens with zero attached hydrogens (tertiary/aromatic N) is 2. The van der Waals surface area contributed by atoms with Gasteiger partial charge >= 0.3 is 0 Å². The van der Waals surface area contributed by atoms with Crippen molar-refractivity contribution in [3.05, 3.63) is 53.2 Å². The first-order valence-corrected chi connectivity index (χ1v) is 9.02. The van der Waals surface area contributed by atoms with Crippen LogP contribution in [0.25, 0.3) is 26.4 Å². The van der Waals surface area contributed by atoms with E-state index in [0.717, 1.165) is 22.0 Å². The molecule has 0 N–H and O–H groups in total. The second-order valence-corrected chi connectivity index (χ2v) is 7.09. The van der Waals surface area contributed by atoms with Gasteiger partial charge in [0, 0.05) is 11.3 Å². The number of rotatable bonds is 3. The van der Waals surface area contributed by atoms with Crippen LogP contribution in [-0.2, 0) is 0 Å². The van der Waals surface area contributed by atoms with E-state index in [1.807, 2.05) is 19.1 Å². The van der Waals surface area contributed by atoms with Crippen LogP contribution in [0.5, 0.6) is 5.75 Å². The van der Waals surface area contributed by atoms with Crippen LogP contribution in [0, 0.1) is 20.8 Å². The molecule has 4 aromatic rings. The molecule has 0 amide bonds. The van der Waals surface area contributed by atoms with Crippen molar-refractivity contribution in [3.63, 3.8) is 0 Å². The lowest BCUT2D eigenvalue weighted by molar-refractivity contribution is 0.340. The summed E-state index contributed by atoms with van der Waals surface area (Å²) in [5.41, 5.74) is 7.30. The summed E-state index contributed by atoms with van der Waals surface area (Å²) in [4.78, 5) is 5.96. The van der Waals surface area contributed by atoms with Gasteiger partial charge in [0.2, 0.25) is 0 Å². The van der Waals surface area contributed by atoms with Crippen LogP contribution in [0.4, 0.5) is 0 Å². The summed E-state index contributed by atoms with van der Waals surface area (Å²) < 4.78 is 9.13. The van der Waals surface area contributed by atoms with Crippen molar-refractivity contribution in [2.24, 2.45) is 0 Å². The van der Waals surface area contributed by atoms with Gasteiger partial charge in [0.05, 0.1) is 22.5 Å². The first-order chi connectivity index (χ1) is 11.6. The summed E-state index contributed by atoms with van der Waals surface area (Å²) in [5.74, 6) is 0.900. The Morgan fingerprint density at radius 3 is 2.50 bits per heavy atom. The number of fused-ring (bicyclic) bond motifs is 3. The van der Waals surface area contributed by atoms with Crippen LogP contribution >= 0.6 is 11.3 Å². The zero-order valence-electron chi connectivity index (χ0n) is 14.4. The van der Waals surface area contributed by atoms with Crippen molar-refractivity contribution in [3.8, 4) is 17.0 Å². The quantitative estimate of drug-likeness (QED) is 0.491. The topological polar surface area (TPSA) is 26.5 Å². The second-order valence-electron chi connectivity index (χ2n) is 6.08. The van der Waals surface area contributed by atoms with E-state index >= 15 is 0 Å². The van der Waals surface area contributed by atoms with Gasteiger partial charge in [-0.2, -0.15) is 0 Å². The number of hydrogen-bond acceptors (Lipinski definition) is 3. The molecule has 24 heavy (non-hydrogen) atoms. The predicted octanol–water partition coefficient (Wildman–Crippen LogP) is 5.54. The van der Waals surface area contributed by atoms with Gasteiger partial charge in [0.25, 0.3) is 0 Å². The van der Waals surface area contributed by atoms with Gasteiger partial charge in [-0.3, -0.25) is 4.40 Å². The highest BCUT2D eigenvalue weighted by atomic mass is 32.1. The number of aromatic nitrogens is 2. The predicted molar refractivity (Wildman–Crippen MR) is 101 cm³/mol. The molecule has 2 heterocycles. The molecule has 2 aromatic heterocycles. The number of thiazole rings is 1. The van der Waals surface area contributed by atoms with Gasteiger partial charge < -0.3 is 4.74 Å². The van der Waals surface area contributed by atoms with Crippen molar-refractivity contribution in [2.45, 2.75) is 27.7 Å². The molecule has 4 rings (SSSR count). The third kappa shape index (κ3) is 2.21. The molecule has 0 aliphatic rings. The molecule has 0 saturated heterocycles. The highest BCUT2D eigenvalue weighted by molar-refractivity contribution is 7.23. The lowest BCUT2D eigenvalue weighted by Gasteiger charge is -2.06. The number of ether oxygens (including phenoxy) is 1. The van der Waals surface area contributed by atoms with E-state index in [1.54, 1.807) is 11.3 Å². The summed E-state index contributed by atoms with van der Waals surface area (Å²) in [5, 5.41) is 0. The van der Waals surface area contributed by atoms with Crippen molar-refractivity contribution in [1.29, 1.82) is 0 Å². The number of aryl methyl sites for hydroxylation is 3. The SMILES string of the molecule is CCOc1ccc(-c2nc3sc4ccc(C)c(C)c4n3c2C)cc1. The van der Waals surface area contributed by atoms with E-state index in [2.05, 4.69) is 49.4 Å². The molecule has 0 fully saturated rings. The normalized spacial score (nSPS) is 11.5. The van der Waals surface area contributed by atoms with Crippen molar-refractivity contribution in [1.82, 2.24) is 9.38 Å². The van der Waals surface area contributed by atoms with Gasteiger partial charge in [0.15, 0.2) is 4.96 Å². The summed E-state index contributed by atoms with van der Waals surface area (Å²) in [7, 11) is 0. The maximum absolute atomic E-state index is 5.53. The highest BCUT2D eigenvalue weighted by Crippen LogP contribution is 2.35. The summed E-state index contributed by atoms with van der Waals surface area (Å²) >= 11 is 1.75.